The summed E-state index contributed by atoms with van der Waals surface area (Å²) in [7, 11) is 0. The van der Waals surface area contributed by atoms with E-state index in [2.05, 4.69) is 4.74 Å². The number of ketones is 1. The molecule has 1 rings (SSSR count). The zero-order chi connectivity index (χ0) is 13.7. The number of ether oxygens (including phenoxy) is 1. The van der Waals surface area contributed by atoms with Crippen LogP contribution < -0.4 is 0 Å². The second-order valence-corrected chi connectivity index (χ2v) is 3.93. The molecule has 0 atom stereocenters. The van der Waals surface area contributed by atoms with Crippen LogP contribution in [-0.2, 0) is 9.53 Å². The van der Waals surface area contributed by atoms with Crippen LogP contribution in [0, 0.1) is 0 Å². The van der Waals surface area contributed by atoms with Gasteiger partial charge in [0.25, 0.3) is 0 Å². The van der Waals surface area contributed by atoms with Crippen LogP contribution in [0.15, 0.2) is 35.7 Å². The number of carbonyl (C=O) groups excluding carboxylic acids is 2. The lowest BCUT2D eigenvalue weighted by molar-refractivity contribution is -0.138. The van der Waals surface area contributed by atoms with Gasteiger partial charge >= 0.3 is 5.97 Å². The second kappa shape index (κ2) is 6.31. The summed E-state index contributed by atoms with van der Waals surface area (Å²) in [5.74, 6) is -2.81. The SMILES string of the molecule is CCOC(=O)/C(C)=C(/F)C(=O)c1ccc(Cl)cc1. The van der Waals surface area contributed by atoms with Gasteiger partial charge in [0.05, 0.1) is 12.2 Å². The minimum Gasteiger partial charge on any atom is -0.463 e. The molecule has 0 saturated carbocycles. The van der Waals surface area contributed by atoms with Gasteiger partial charge in [0.1, 0.15) is 0 Å². The molecule has 0 spiro atoms. The number of allylic oxidation sites excluding steroid dienone is 1. The van der Waals surface area contributed by atoms with Gasteiger partial charge in [-0.1, -0.05) is 11.6 Å². The molecular formula is C13H12ClFO3. The van der Waals surface area contributed by atoms with Crippen molar-refractivity contribution < 1.29 is 18.7 Å². The first-order valence-electron chi connectivity index (χ1n) is 5.31. The summed E-state index contributed by atoms with van der Waals surface area (Å²) in [6.45, 7) is 2.93. The molecule has 0 unspecified atom stereocenters. The van der Waals surface area contributed by atoms with Crippen LogP contribution in [0.4, 0.5) is 4.39 Å². The molecule has 0 fully saturated rings. The highest BCUT2D eigenvalue weighted by molar-refractivity contribution is 6.30. The Morgan fingerprint density at radius 2 is 1.83 bits per heavy atom. The minimum atomic E-state index is -1.12. The van der Waals surface area contributed by atoms with Crippen LogP contribution in [-0.4, -0.2) is 18.4 Å². The largest absolute Gasteiger partial charge is 0.463 e. The molecule has 0 amide bonds. The standard InChI is InChI=1S/C13H12ClFO3/c1-3-18-13(17)8(2)11(15)12(16)9-4-6-10(14)7-5-9/h4-7H,3H2,1-2H3/b11-8+. The topological polar surface area (TPSA) is 43.4 Å². The lowest BCUT2D eigenvalue weighted by Gasteiger charge is -2.04. The summed E-state index contributed by atoms with van der Waals surface area (Å²) in [4.78, 5) is 23.0. The predicted octanol–water partition coefficient (Wildman–Crippen LogP) is 3.33. The summed E-state index contributed by atoms with van der Waals surface area (Å²) < 4.78 is 18.4. The smallest absolute Gasteiger partial charge is 0.336 e. The predicted molar refractivity (Wildman–Crippen MR) is 66.2 cm³/mol. The van der Waals surface area contributed by atoms with Gasteiger partial charge in [0, 0.05) is 10.6 Å². The van der Waals surface area contributed by atoms with Crippen LogP contribution >= 0.6 is 11.6 Å². The van der Waals surface area contributed by atoms with Crippen molar-refractivity contribution in [3.8, 4) is 0 Å². The Bertz CT molecular complexity index is 491. The molecule has 96 valence electrons. The number of Topliss-reactive ketones (excluding diaryl/α,β-unsaturated/α-hetero) is 1. The van der Waals surface area contributed by atoms with Crippen molar-refractivity contribution in [2.75, 3.05) is 6.61 Å². The number of benzene rings is 1. The highest BCUT2D eigenvalue weighted by Gasteiger charge is 2.19. The highest BCUT2D eigenvalue weighted by atomic mass is 35.5. The number of hydrogen-bond acceptors (Lipinski definition) is 3. The summed E-state index contributed by atoms with van der Waals surface area (Å²) in [5.41, 5.74) is -0.211. The summed E-state index contributed by atoms with van der Waals surface area (Å²) >= 11 is 5.66. The van der Waals surface area contributed by atoms with Crippen LogP contribution in [0.3, 0.4) is 0 Å². The fourth-order valence-corrected chi connectivity index (χ4v) is 1.35. The number of hydrogen-bond donors (Lipinski definition) is 0. The van der Waals surface area contributed by atoms with Crippen molar-refractivity contribution >= 4 is 23.4 Å². The van der Waals surface area contributed by atoms with Gasteiger partial charge in [-0.3, -0.25) is 4.79 Å². The normalized spacial score (nSPS) is 11.8. The molecule has 0 radical (unpaired) electrons. The van der Waals surface area contributed by atoms with E-state index in [1.807, 2.05) is 0 Å². The summed E-state index contributed by atoms with van der Waals surface area (Å²) in [6.07, 6.45) is 0. The van der Waals surface area contributed by atoms with Crippen molar-refractivity contribution in [2.45, 2.75) is 13.8 Å². The third-order valence-electron chi connectivity index (χ3n) is 2.22. The third kappa shape index (κ3) is 3.40. The quantitative estimate of drug-likeness (QED) is 0.479. The second-order valence-electron chi connectivity index (χ2n) is 3.50. The molecule has 0 saturated heterocycles. The fourth-order valence-electron chi connectivity index (χ4n) is 1.23. The lowest BCUT2D eigenvalue weighted by atomic mass is 10.1. The van der Waals surface area contributed by atoms with E-state index in [4.69, 9.17) is 11.6 Å². The van der Waals surface area contributed by atoms with E-state index < -0.39 is 17.6 Å². The van der Waals surface area contributed by atoms with Crippen LogP contribution in [0.2, 0.25) is 5.02 Å². The van der Waals surface area contributed by atoms with E-state index in [0.29, 0.717) is 5.02 Å². The molecule has 0 aliphatic carbocycles. The van der Waals surface area contributed by atoms with Gasteiger partial charge in [-0.05, 0) is 38.1 Å². The molecule has 0 N–H and O–H groups in total. The molecule has 0 aliphatic rings. The van der Waals surface area contributed by atoms with E-state index in [1.165, 1.54) is 31.2 Å². The maximum atomic E-state index is 13.7. The van der Waals surface area contributed by atoms with Gasteiger partial charge in [-0.2, -0.15) is 0 Å². The van der Waals surface area contributed by atoms with Gasteiger partial charge in [0.15, 0.2) is 5.83 Å². The van der Waals surface area contributed by atoms with Crippen molar-refractivity contribution in [1.29, 1.82) is 0 Å². The van der Waals surface area contributed by atoms with Crippen LogP contribution in [0.1, 0.15) is 24.2 Å². The zero-order valence-electron chi connectivity index (χ0n) is 10.00. The minimum absolute atomic E-state index is 0.124. The molecule has 0 aliphatic heterocycles. The van der Waals surface area contributed by atoms with Gasteiger partial charge < -0.3 is 4.74 Å². The van der Waals surface area contributed by atoms with Crippen molar-refractivity contribution in [2.24, 2.45) is 0 Å². The molecule has 5 heteroatoms. The van der Waals surface area contributed by atoms with E-state index in [9.17, 15) is 14.0 Å². The first kappa shape index (κ1) is 14.4. The third-order valence-corrected chi connectivity index (χ3v) is 2.47. The summed E-state index contributed by atoms with van der Waals surface area (Å²) in [6, 6.07) is 5.73. The van der Waals surface area contributed by atoms with Gasteiger partial charge in [-0.15, -0.1) is 0 Å². The molecule has 1 aromatic carbocycles. The Labute approximate surface area is 109 Å². The average Bonchev–Trinajstić information content (AvgIpc) is 2.37. The Morgan fingerprint density at radius 3 is 2.33 bits per heavy atom. The highest BCUT2D eigenvalue weighted by Crippen LogP contribution is 2.17. The number of rotatable bonds is 4. The van der Waals surface area contributed by atoms with Crippen LogP contribution in [0.5, 0.6) is 0 Å². The van der Waals surface area contributed by atoms with E-state index in [0.717, 1.165) is 0 Å². The Kier molecular flexibility index (Phi) is 5.04. The maximum absolute atomic E-state index is 13.7. The number of halogens is 2. The Morgan fingerprint density at radius 1 is 1.28 bits per heavy atom. The Balaban J connectivity index is 2.99. The average molecular weight is 271 g/mol. The van der Waals surface area contributed by atoms with E-state index in [1.54, 1.807) is 6.92 Å². The van der Waals surface area contributed by atoms with Crippen molar-refractivity contribution in [3.63, 3.8) is 0 Å². The Hall–Kier alpha value is -1.68. The maximum Gasteiger partial charge on any atom is 0.336 e. The molecule has 1 aromatic rings. The zero-order valence-corrected chi connectivity index (χ0v) is 10.8. The summed E-state index contributed by atoms with van der Waals surface area (Å²) in [5, 5.41) is 0.443. The van der Waals surface area contributed by atoms with Gasteiger partial charge in [0.2, 0.25) is 5.78 Å². The van der Waals surface area contributed by atoms with Crippen LogP contribution in [0.25, 0.3) is 0 Å². The molecule has 18 heavy (non-hydrogen) atoms. The molecule has 0 heterocycles. The molecular weight excluding hydrogens is 259 g/mol. The first-order valence-corrected chi connectivity index (χ1v) is 5.69. The van der Waals surface area contributed by atoms with Gasteiger partial charge in [-0.25, -0.2) is 9.18 Å². The molecule has 0 aromatic heterocycles. The number of carbonyl (C=O) groups is 2. The molecule has 0 bridgehead atoms. The van der Waals surface area contributed by atoms with Crippen molar-refractivity contribution in [1.82, 2.24) is 0 Å². The van der Waals surface area contributed by atoms with Crippen molar-refractivity contribution in [3.05, 3.63) is 46.3 Å². The van der Waals surface area contributed by atoms with E-state index in [-0.39, 0.29) is 17.7 Å². The number of esters is 1. The monoisotopic (exact) mass is 270 g/mol. The fraction of sp³-hybridized carbons (Fsp3) is 0.231. The lowest BCUT2D eigenvalue weighted by Crippen LogP contribution is -2.11. The van der Waals surface area contributed by atoms with E-state index >= 15 is 0 Å². The first-order chi connectivity index (χ1) is 8.47. The molecule has 3 nitrogen and oxygen atoms in total.